The van der Waals surface area contributed by atoms with Crippen molar-refractivity contribution >= 4 is 0 Å². The molecule has 100 valence electrons. The van der Waals surface area contributed by atoms with Gasteiger partial charge in [-0.05, 0) is 38.3 Å². The van der Waals surface area contributed by atoms with Crippen LogP contribution < -0.4 is 0 Å². The number of hydrogen-bond acceptors (Lipinski definition) is 2. The second kappa shape index (κ2) is 5.75. The Morgan fingerprint density at radius 1 is 1.33 bits per heavy atom. The zero-order valence-corrected chi connectivity index (χ0v) is 11.8. The lowest BCUT2D eigenvalue weighted by Gasteiger charge is -2.34. The second-order valence-electron chi connectivity index (χ2n) is 5.92. The molecule has 18 heavy (non-hydrogen) atoms. The van der Waals surface area contributed by atoms with Gasteiger partial charge in [-0.15, -0.1) is 0 Å². The largest absolute Gasteiger partial charge is 0.507 e. The van der Waals surface area contributed by atoms with Gasteiger partial charge in [0.25, 0.3) is 0 Å². The summed E-state index contributed by atoms with van der Waals surface area (Å²) in [7, 11) is 2.18. The minimum absolute atomic E-state index is 0.466. The molecule has 2 heteroatoms. The molecule has 2 atom stereocenters. The Morgan fingerprint density at radius 2 is 2.11 bits per heavy atom. The normalized spacial score (nSPS) is 24.4. The lowest BCUT2D eigenvalue weighted by molar-refractivity contribution is 0.156. The number of aryl methyl sites for hydroxylation is 1. The molecule has 0 bridgehead atoms. The van der Waals surface area contributed by atoms with Gasteiger partial charge >= 0.3 is 0 Å². The van der Waals surface area contributed by atoms with E-state index >= 15 is 0 Å². The van der Waals surface area contributed by atoms with Crippen LogP contribution in [-0.2, 0) is 6.54 Å². The maximum atomic E-state index is 10.1. The van der Waals surface area contributed by atoms with Crippen molar-refractivity contribution < 1.29 is 5.11 Å². The molecule has 0 aromatic heterocycles. The zero-order chi connectivity index (χ0) is 13.1. The van der Waals surface area contributed by atoms with E-state index in [9.17, 15) is 5.11 Å². The van der Waals surface area contributed by atoms with E-state index in [0.29, 0.717) is 11.8 Å². The van der Waals surface area contributed by atoms with Crippen molar-refractivity contribution in [3.8, 4) is 5.75 Å². The van der Waals surface area contributed by atoms with Crippen molar-refractivity contribution in [1.82, 2.24) is 4.90 Å². The number of benzene rings is 1. The molecule has 1 aromatic carbocycles. The fraction of sp³-hybridized carbons (Fsp3) is 0.625. The molecule has 0 radical (unpaired) electrons. The third kappa shape index (κ3) is 3.05. The van der Waals surface area contributed by atoms with Crippen LogP contribution in [0.5, 0.6) is 5.75 Å². The lowest BCUT2D eigenvalue weighted by Crippen LogP contribution is -2.35. The van der Waals surface area contributed by atoms with Crippen molar-refractivity contribution in [1.29, 1.82) is 0 Å². The minimum Gasteiger partial charge on any atom is -0.507 e. The molecule has 0 heterocycles. The van der Waals surface area contributed by atoms with E-state index in [4.69, 9.17) is 0 Å². The van der Waals surface area contributed by atoms with Crippen LogP contribution in [0.3, 0.4) is 0 Å². The van der Waals surface area contributed by atoms with E-state index in [2.05, 4.69) is 18.9 Å². The summed E-state index contributed by atoms with van der Waals surface area (Å²) in [5.41, 5.74) is 2.02. The van der Waals surface area contributed by atoms with Crippen LogP contribution in [0.1, 0.15) is 43.7 Å². The second-order valence-corrected chi connectivity index (χ2v) is 5.92. The highest BCUT2D eigenvalue weighted by Crippen LogP contribution is 2.29. The monoisotopic (exact) mass is 247 g/mol. The number of phenols is 1. The minimum atomic E-state index is 0.466. The Bertz CT molecular complexity index is 402. The van der Waals surface area contributed by atoms with Gasteiger partial charge in [-0.2, -0.15) is 0 Å². The highest BCUT2D eigenvalue weighted by molar-refractivity contribution is 5.39. The molecule has 1 saturated carbocycles. The average molecular weight is 247 g/mol. The molecular weight excluding hydrogens is 222 g/mol. The molecule has 1 fully saturated rings. The van der Waals surface area contributed by atoms with Crippen LogP contribution in [-0.4, -0.2) is 23.1 Å². The molecule has 0 saturated heterocycles. The zero-order valence-electron chi connectivity index (χ0n) is 11.8. The van der Waals surface area contributed by atoms with Crippen molar-refractivity contribution in [2.75, 3.05) is 7.05 Å². The lowest BCUT2D eigenvalue weighted by atomic mass is 9.86. The Kier molecular flexibility index (Phi) is 4.28. The van der Waals surface area contributed by atoms with Crippen molar-refractivity contribution in [3.05, 3.63) is 29.3 Å². The standard InChI is InChI=1S/C16H25NO/c1-12-6-4-9-15(10-12)17(3)11-14-8-5-7-13(2)16(14)18/h5,7-8,12,15,18H,4,6,9-11H2,1-3H3. The van der Waals surface area contributed by atoms with Gasteiger partial charge < -0.3 is 5.11 Å². The number of nitrogens with zero attached hydrogens (tertiary/aromatic N) is 1. The Hall–Kier alpha value is -1.02. The Balaban J connectivity index is 2.02. The molecule has 1 N–H and O–H groups in total. The highest BCUT2D eigenvalue weighted by atomic mass is 16.3. The SMILES string of the molecule is Cc1cccc(CN(C)C2CCCC(C)C2)c1O. The number of aromatic hydroxyl groups is 1. The first-order valence-electron chi connectivity index (χ1n) is 7.05. The molecule has 2 rings (SSSR count). The summed E-state index contributed by atoms with van der Waals surface area (Å²) >= 11 is 0. The topological polar surface area (TPSA) is 23.5 Å². The van der Waals surface area contributed by atoms with E-state index < -0.39 is 0 Å². The van der Waals surface area contributed by atoms with Crippen molar-refractivity contribution in [3.63, 3.8) is 0 Å². The summed E-state index contributed by atoms with van der Waals surface area (Å²) in [5, 5.41) is 10.1. The fourth-order valence-electron chi connectivity index (χ4n) is 3.05. The van der Waals surface area contributed by atoms with E-state index in [0.717, 1.165) is 23.6 Å². The predicted octanol–water partition coefficient (Wildman–Crippen LogP) is 3.71. The number of phenolic OH excluding ortho intramolecular Hbond substituents is 1. The number of para-hydroxylation sites is 1. The summed E-state index contributed by atoms with van der Waals surface area (Å²) in [6.45, 7) is 5.16. The maximum absolute atomic E-state index is 10.1. The first kappa shape index (κ1) is 13.4. The number of rotatable bonds is 3. The van der Waals surface area contributed by atoms with E-state index in [1.807, 2.05) is 25.1 Å². The van der Waals surface area contributed by atoms with Gasteiger partial charge in [-0.1, -0.05) is 38.0 Å². The van der Waals surface area contributed by atoms with Crippen LogP contribution in [0.2, 0.25) is 0 Å². The van der Waals surface area contributed by atoms with Crippen molar-refractivity contribution in [2.45, 2.75) is 52.1 Å². The summed E-state index contributed by atoms with van der Waals surface area (Å²) in [6, 6.07) is 6.70. The molecule has 2 nitrogen and oxygen atoms in total. The number of hydrogen-bond donors (Lipinski definition) is 1. The summed E-state index contributed by atoms with van der Waals surface area (Å²) < 4.78 is 0. The summed E-state index contributed by atoms with van der Waals surface area (Å²) in [5.74, 6) is 1.31. The first-order valence-corrected chi connectivity index (χ1v) is 7.05. The summed E-state index contributed by atoms with van der Waals surface area (Å²) in [4.78, 5) is 2.41. The van der Waals surface area contributed by atoms with Crippen LogP contribution in [0.25, 0.3) is 0 Å². The van der Waals surface area contributed by atoms with Crippen LogP contribution in [0.15, 0.2) is 18.2 Å². The fourth-order valence-corrected chi connectivity index (χ4v) is 3.05. The maximum Gasteiger partial charge on any atom is 0.122 e. The quantitative estimate of drug-likeness (QED) is 0.880. The van der Waals surface area contributed by atoms with Gasteiger partial charge in [0.1, 0.15) is 5.75 Å². The Labute approximate surface area is 111 Å². The third-order valence-corrected chi connectivity index (χ3v) is 4.27. The molecule has 1 aliphatic rings. The van der Waals surface area contributed by atoms with E-state index in [1.165, 1.54) is 25.7 Å². The average Bonchev–Trinajstić information content (AvgIpc) is 2.35. The molecule has 1 aliphatic carbocycles. The third-order valence-electron chi connectivity index (χ3n) is 4.27. The van der Waals surface area contributed by atoms with Gasteiger partial charge in [0, 0.05) is 18.2 Å². The van der Waals surface area contributed by atoms with E-state index in [1.54, 1.807) is 0 Å². The highest BCUT2D eigenvalue weighted by Gasteiger charge is 2.22. The van der Waals surface area contributed by atoms with Crippen LogP contribution in [0.4, 0.5) is 0 Å². The van der Waals surface area contributed by atoms with Gasteiger partial charge in [-0.3, -0.25) is 4.90 Å². The van der Waals surface area contributed by atoms with Crippen LogP contribution in [0, 0.1) is 12.8 Å². The van der Waals surface area contributed by atoms with E-state index in [-0.39, 0.29) is 0 Å². The van der Waals surface area contributed by atoms with Gasteiger partial charge in [0.2, 0.25) is 0 Å². The Morgan fingerprint density at radius 3 is 2.83 bits per heavy atom. The molecule has 1 aromatic rings. The van der Waals surface area contributed by atoms with Gasteiger partial charge in [-0.25, -0.2) is 0 Å². The molecule has 0 spiro atoms. The first-order chi connectivity index (χ1) is 8.58. The molecular formula is C16H25NO. The van der Waals surface area contributed by atoms with Gasteiger partial charge in [0.15, 0.2) is 0 Å². The van der Waals surface area contributed by atoms with Gasteiger partial charge in [0.05, 0.1) is 0 Å². The molecule has 0 amide bonds. The molecule has 2 unspecified atom stereocenters. The predicted molar refractivity (Wildman–Crippen MR) is 75.7 cm³/mol. The van der Waals surface area contributed by atoms with Crippen molar-refractivity contribution in [2.24, 2.45) is 5.92 Å². The summed E-state index contributed by atoms with van der Waals surface area (Å²) in [6.07, 6.45) is 5.31. The molecule has 0 aliphatic heterocycles. The van der Waals surface area contributed by atoms with Crippen LogP contribution >= 0.6 is 0 Å². The smallest absolute Gasteiger partial charge is 0.122 e.